The molecule has 2 heterocycles. The van der Waals surface area contributed by atoms with Crippen LogP contribution in [-0.4, -0.2) is 60.9 Å². The number of morpholine rings is 1. The molecule has 1 atom stereocenters. The number of carbonyl (C=O) groups excluding carboxylic acids is 2. The molecule has 4 rings (SSSR count). The van der Waals surface area contributed by atoms with Crippen LogP contribution in [0.4, 0.5) is 11.4 Å². The van der Waals surface area contributed by atoms with E-state index in [9.17, 15) is 14.7 Å². The third-order valence-corrected chi connectivity index (χ3v) is 5.17. The van der Waals surface area contributed by atoms with Crippen LogP contribution in [-0.2, 0) is 9.53 Å². The molecule has 0 saturated carbocycles. The number of para-hydroxylation sites is 1. The molecule has 8 heteroatoms. The van der Waals surface area contributed by atoms with E-state index in [1.165, 1.54) is 6.20 Å². The van der Waals surface area contributed by atoms with Gasteiger partial charge in [0, 0.05) is 36.0 Å². The molecule has 0 unspecified atom stereocenters. The summed E-state index contributed by atoms with van der Waals surface area (Å²) in [6.07, 6.45) is 1.45. The van der Waals surface area contributed by atoms with Crippen molar-refractivity contribution >= 4 is 34.1 Å². The Hall–Kier alpha value is -3.49. The third-order valence-electron chi connectivity index (χ3n) is 5.17. The second-order valence-electron chi connectivity index (χ2n) is 7.26. The minimum Gasteiger partial charge on any atom is -0.394 e. The van der Waals surface area contributed by atoms with Crippen molar-refractivity contribution in [2.24, 2.45) is 0 Å². The highest BCUT2D eigenvalue weighted by Crippen LogP contribution is 2.19. The Bertz CT molecular complexity index is 1060. The van der Waals surface area contributed by atoms with Crippen LogP contribution in [0.1, 0.15) is 10.4 Å². The van der Waals surface area contributed by atoms with Crippen LogP contribution < -0.4 is 15.5 Å². The molecule has 0 aliphatic carbocycles. The second kappa shape index (κ2) is 9.55. The summed E-state index contributed by atoms with van der Waals surface area (Å²) in [6.45, 7) is 2.53. The van der Waals surface area contributed by atoms with Crippen molar-refractivity contribution in [3.8, 4) is 0 Å². The van der Waals surface area contributed by atoms with E-state index in [-0.39, 0.29) is 0 Å². The molecule has 0 bridgehead atoms. The molecule has 1 saturated heterocycles. The number of fused-ring (bicyclic) bond motifs is 1. The SMILES string of the molecule is O=C(N[C@@H](CO)C(=O)Nc1ccc(N2CCOCC2)cc1)c1cnc2ccccc2c1. The van der Waals surface area contributed by atoms with Crippen molar-refractivity contribution in [1.82, 2.24) is 10.3 Å². The van der Waals surface area contributed by atoms with E-state index < -0.39 is 24.5 Å². The lowest BCUT2D eigenvalue weighted by Crippen LogP contribution is -2.46. The summed E-state index contributed by atoms with van der Waals surface area (Å²) >= 11 is 0. The number of aliphatic hydroxyl groups is 1. The van der Waals surface area contributed by atoms with Crippen LogP contribution in [0.15, 0.2) is 60.8 Å². The summed E-state index contributed by atoms with van der Waals surface area (Å²) < 4.78 is 5.36. The minimum absolute atomic E-state index is 0.319. The monoisotopic (exact) mass is 420 g/mol. The molecule has 3 aromatic rings. The highest BCUT2D eigenvalue weighted by atomic mass is 16.5. The molecule has 31 heavy (non-hydrogen) atoms. The molecular formula is C23H24N4O4. The van der Waals surface area contributed by atoms with Gasteiger partial charge >= 0.3 is 0 Å². The van der Waals surface area contributed by atoms with Gasteiger partial charge in [-0.3, -0.25) is 14.6 Å². The summed E-state index contributed by atoms with van der Waals surface area (Å²) in [5, 5.41) is 15.8. The van der Waals surface area contributed by atoms with E-state index in [0.717, 1.165) is 29.7 Å². The van der Waals surface area contributed by atoms with Gasteiger partial charge in [0.2, 0.25) is 5.91 Å². The van der Waals surface area contributed by atoms with E-state index in [4.69, 9.17) is 4.74 Å². The molecule has 0 radical (unpaired) electrons. The summed E-state index contributed by atoms with van der Waals surface area (Å²) in [5.41, 5.74) is 2.73. The van der Waals surface area contributed by atoms with E-state index in [0.29, 0.717) is 24.5 Å². The van der Waals surface area contributed by atoms with E-state index in [1.807, 2.05) is 36.4 Å². The van der Waals surface area contributed by atoms with Gasteiger partial charge in [-0.05, 0) is 36.4 Å². The van der Waals surface area contributed by atoms with Crippen molar-refractivity contribution in [2.45, 2.75) is 6.04 Å². The molecule has 3 N–H and O–H groups in total. The summed E-state index contributed by atoms with van der Waals surface area (Å²) in [4.78, 5) is 31.6. The fraction of sp³-hybridized carbons (Fsp3) is 0.261. The molecule has 8 nitrogen and oxygen atoms in total. The lowest BCUT2D eigenvalue weighted by Gasteiger charge is -2.29. The lowest BCUT2D eigenvalue weighted by molar-refractivity contribution is -0.118. The lowest BCUT2D eigenvalue weighted by atomic mass is 10.1. The molecule has 1 aliphatic heterocycles. The Labute approximate surface area is 179 Å². The first-order valence-electron chi connectivity index (χ1n) is 10.1. The number of hydrogen-bond acceptors (Lipinski definition) is 6. The van der Waals surface area contributed by atoms with Gasteiger partial charge in [-0.15, -0.1) is 0 Å². The predicted molar refractivity (Wildman–Crippen MR) is 118 cm³/mol. The number of ether oxygens (including phenoxy) is 1. The molecule has 1 aliphatic rings. The van der Waals surface area contributed by atoms with Crippen molar-refractivity contribution in [1.29, 1.82) is 0 Å². The van der Waals surface area contributed by atoms with Crippen molar-refractivity contribution < 1.29 is 19.4 Å². The Morgan fingerprint density at radius 3 is 2.58 bits per heavy atom. The molecule has 2 amide bonds. The highest BCUT2D eigenvalue weighted by molar-refractivity contribution is 6.02. The molecule has 160 valence electrons. The van der Waals surface area contributed by atoms with Gasteiger partial charge in [0.05, 0.1) is 30.9 Å². The molecule has 2 aromatic carbocycles. The van der Waals surface area contributed by atoms with Gasteiger partial charge < -0.3 is 25.4 Å². The van der Waals surface area contributed by atoms with Crippen LogP contribution in [0, 0.1) is 0 Å². The zero-order valence-corrected chi connectivity index (χ0v) is 17.0. The number of hydrogen-bond donors (Lipinski definition) is 3. The predicted octanol–water partition coefficient (Wildman–Crippen LogP) is 1.80. The van der Waals surface area contributed by atoms with Crippen molar-refractivity contribution in [3.63, 3.8) is 0 Å². The number of benzene rings is 2. The van der Waals surface area contributed by atoms with E-state index >= 15 is 0 Å². The average Bonchev–Trinajstić information content (AvgIpc) is 2.83. The summed E-state index contributed by atoms with van der Waals surface area (Å²) in [6, 6.07) is 15.5. The third kappa shape index (κ3) is 4.99. The maximum atomic E-state index is 12.6. The number of carbonyl (C=O) groups is 2. The van der Waals surface area contributed by atoms with Gasteiger partial charge in [-0.25, -0.2) is 0 Å². The molecular weight excluding hydrogens is 396 g/mol. The standard InChI is InChI=1S/C23H24N4O4/c28-15-21(26-22(29)17-13-16-3-1-2-4-20(16)24-14-17)23(30)25-18-5-7-19(8-6-18)27-9-11-31-12-10-27/h1-8,13-14,21,28H,9-12,15H2,(H,25,30)(H,26,29)/t21-/m0/s1. The Morgan fingerprint density at radius 2 is 1.84 bits per heavy atom. The number of amides is 2. The maximum Gasteiger partial charge on any atom is 0.253 e. The Kier molecular flexibility index (Phi) is 6.40. The first-order valence-corrected chi connectivity index (χ1v) is 10.1. The second-order valence-corrected chi connectivity index (χ2v) is 7.26. The zero-order chi connectivity index (χ0) is 21.6. The van der Waals surface area contributed by atoms with Crippen LogP contribution in [0.25, 0.3) is 10.9 Å². The van der Waals surface area contributed by atoms with E-state index in [2.05, 4.69) is 20.5 Å². The van der Waals surface area contributed by atoms with Crippen LogP contribution in [0.2, 0.25) is 0 Å². The number of nitrogens with zero attached hydrogens (tertiary/aromatic N) is 2. The topological polar surface area (TPSA) is 104 Å². The fourth-order valence-electron chi connectivity index (χ4n) is 3.44. The van der Waals surface area contributed by atoms with Gasteiger partial charge in [0.15, 0.2) is 0 Å². The summed E-state index contributed by atoms with van der Waals surface area (Å²) in [5.74, 6) is -0.973. The number of aliphatic hydroxyl groups excluding tert-OH is 1. The molecule has 1 fully saturated rings. The normalized spacial score (nSPS) is 14.8. The minimum atomic E-state index is -1.09. The molecule has 1 aromatic heterocycles. The Morgan fingerprint density at radius 1 is 1.10 bits per heavy atom. The van der Waals surface area contributed by atoms with E-state index in [1.54, 1.807) is 18.2 Å². The van der Waals surface area contributed by atoms with Crippen LogP contribution in [0.3, 0.4) is 0 Å². The number of anilines is 2. The van der Waals surface area contributed by atoms with Crippen molar-refractivity contribution in [2.75, 3.05) is 43.1 Å². The number of aromatic nitrogens is 1. The van der Waals surface area contributed by atoms with Gasteiger partial charge in [-0.1, -0.05) is 18.2 Å². The quantitative estimate of drug-likeness (QED) is 0.562. The summed E-state index contributed by atoms with van der Waals surface area (Å²) in [7, 11) is 0. The van der Waals surface area contributed by atoms with Gasteiger partial charge in [0.1, 0.15) is 6.04 Å². The first-order chi connectivity index (χ1) is 15.1. The first kappa shape index (κ1) is 20.8. The van der Waals surface area contributed by atoms with Gasteiger partial charge in [-0.2, -0.15) is 0 Å². The average molecular weight is 420 g/mol. The maximum absolute atomic E-state index is 12.6. The number of pyridine rings is 1. The largest absolute Gasteiger partial charge is 0.394 e. The zero-order valence-electron chi connectivity index (χ0n) is 17.0. The Balaban J connectivity index is 1.38. The van der Waals surface area contributed by atoms with Crippen LogP contribution in [0.5, 0.6) is 0 Å². The van der Waals surface area contributed by atoms with Crippen LogP contribution >= 0.6 is 0 Å². The molecule has 0 spiro atoms. The van der Waals surface area contributed by atoms with Gasteiger partial charge in [0.25, 0.3) is 5.91 Å². The fourth-order valence-corrected chi connectivity index (χ4v) is 3.44. The van der Waals surface area contributed by atoms with Crippen molar-refractivity contribution in [3.05, 3.63) is 66.4 Å². The number of rotatable bonds is 6. The highest BCUT2D eigenvalue weighted by Gasteiger charge is 2.21. The number of nitrogens with one attached hydrogen (secondary N) is 2. The smallest absolute Gasteiger partial charge is 0.253 e.